The van der Waals surface area contributed by atoms with Gasteiger partial charge in [-0.3, -0.25) is 9.59 Å². The SMILES string of the molecule is Cc1ccc(NC(=O)[C@@H](C)OC(=O)CCCNC(=O)OC(C)(C)C)cc1. The molecule has 0 aliphatic carbocycles. The molecule has 7 nitrogen and oxygen atoms in total. The van der Waals surface area contributed by atoms with Crippen molar-refractivity contribution in [3.63, 3.8) is 0 Å². The van der Waals surface area contributed by atoms with Crippen LogP contribution < -0.4 is 10.6 Å². The van der Waals surface area contributed by atoms with Gasteiger partial charge in [0.25, 0.3) is 5.91 Å². The number of amides is 2. The van der Waals surface area contributed by atoms with Crippen LogP contribution in [0.5, 0.6) is 0 Å². The van der Waals surface area contributed by atoms with E-state index in [2.05, 4.69) is 10.6 Å². The maximum absolute atomic E-state index is 12.0. The van der Waals surface area contributed by atoms with Gasteiger partial charge in [0.15, 0.2) is 6.10 Å². The standard InChI is InChI=1S/C19H28N2O5/c1-13-8-10-15(11-9-13)21-17(23)14(2)25-16(22)7-6-12-20-18(24)26-19(3,4)5/h8-11,14H,6-7,12H2,1-5H3,(H,20,24)(H,21,23)/t14-/m1/s1. The number of benzene rings is 1. The molecule has 144 valence electrons. The van der Waals surface area contributed by atoms with Gasteiger partial charge in [0.1, 0.15) is 5.60 Å². The maximum atomic E-state index is 12.0. The Morgan fingerprint density at radius 1 is 1.12 bits per heavy atom. The molecule has 0 aliphatic rings. The number of hydrogen-bond acceptors (Lipinski definition) is 5. The molecule has 0 aliphatic heterocycles. The number of hydrogen-bond donors (Lipinski definition) is 2. The summed E-state index contributed by atoms with van der Waals surface area (Å²) in [7, 11) is 0. The smallest absolute Gasteiger partial charge is 0.407 e. The van der Waals surface area contributed by atoms with Gasteiger partial charge in [-0.1, -0.05) is 17.7 Å². The molecule has 0 saturated carbocycles. The Bertz CT molecular complexity index is 620. The molecule has 1 rings (SSSR count). The minimum Gasteiger partial charge on any atom is -0.453 e. The van der Waals surface area contributed by atoms with Crippen LogP contribution in [0.2, 0.25) is 0 Å². The molecule has 0 aromatic heterocycles. The van der Waals surface area contributed by atoms with Crippen LogP contribution in [-0.2, 0) is 19.1 Å². The summed E-state index contributed by atoms with van der Waals surface area (Å²) >= 11 is 0. The molecule has 0 radical (unpaired) electrons. The van der Waals surface area contributed by atoms with Crippen LogP contribution in [0.1, 0.15) is 46.1 Å². The lowest BCUT2D eigenvalue weighted by atomic mass is 10.2. The molecule has 2 N–H and O–H groups in total. The van der Waals surface area contributed by atoms with Crippen molar-refractivity contribution in [3.05, 3.63) is 29.8 Å². The highest BCUT2D eigenvalue weighted by Gasteiger charge is 2.18. The van der Waals surface area contributed by atoms with Crippen LogP contribution in [0.4, 0.5) is 10.5 Å². The normalized spacial score (nSPS) is 12.0. The first kappa shape index (κ1) is 21.5. The molecule has 7 heteroatoms. The first-order chi connectivity index (χ1) is 12.1. The summed E-state index contributed by atoms with van der Waals surface area (Å²) in [5.41, 5.74) is 1.16. The topological polar surface area (TPSA) is 93.7 Å². The van der Waals surface area contributed by atoms with Gasteiger partial charge in [-0.2, -0.15) is 0 Å². The third-order valence-electron chi connectivity index (χ3n) is 3.22. The highest BCUT2D eigenvalue weighted by molar-refractivity contribution is 5.95. The summed E-state index contributed by atoms with van der Waals surface area (Å²) in [6.45, 7) is 9.06. The van der Waals surface area contributed by atoms with Crippen LogP contribution in [0.3, 0.4) is 0 Å². The second kappa shape index (κ2) is 9.79. The Hall–Kier alpha value is -2.57. The number of carbonyl (C=O) groups excluding carboxylic acids is 3. The molecule has 26 heavy (non-hydrogen) atoms. The van der Waals surface area contributed by atoms with Crippen molar-refractivity contribution in [2.24, 2.45) is 0 Å². The van der Waals surface area contributed by atoms with E-state index in [1.165, 1.54) is 6.92 Å². The minimum atomic E-state index is -0.900. The van der Waals surface area contributed by atoms with Crippen LogP contribution in [0.15, 0.2) is 24.3 Å². The van der Waals surface area contributed by atoms with Crippen LogP contribution in [0.25, 0.3) is 0 Å². The molecule has 0 bridgehead atoms. The van der Waals surface area contributed by atoms with Crippen molar-refractivity contribution in [3.8, 4) is 0 Å². The van der Waals surface area contributed by atoms with E-state index in [9.17, 15) is 14.4 Å². The number of rotatable bonds is 7. The number of nitrogens with one attached hydrogen (secondary N) is 2. The van der Waals surface area contributed by atoms with Crippen LogP contribution in [0, 0.1) is 6.92 Å². The molecule has 1 aromatic rings. The molecule has 2 amide bonds. The van der Waals surface area contributed by atoms with Gasteiger partial charge in [-0.25, -0.2) is 4.79 Å². The zero-order valence-electron chi connectivity index (χ0n) is 16.0. The van der Waals surface area contributed by atoms with E-state index in [0.29, 0.717) is 12.1 Å². The highest BCUT2D eigenvalue weighted by Crippen LogP contribution is 2.10. The summed E-state index contributed by atoms with van der Waals surface area (Å²) in [5, 5.41) is 5.25. The van der Waals surface area contributed by atoms with Crippen molar-refractivity contribution < 1.29 is 23.9 Å². The van der Waals surface area contributed by atoms with Crippen LogP contribution >= 0.6 is 0 Å². The van der Waals surface area contributed by atoms with E-state index in [0.717, 1.165) is 5.56 Å². The number of anilines is 1. The lowest BCUT2D eigenvalue weighted by molar-refractivity contribution is -0.153. The summed E-state index contributed by atoms with van der Waals surface area (Å²) in [5.74, 6) is -0.892. The number of alkyl carbamates (subject to hydrolysis) is 1. The summed E-state index contributed by atoms with van der Waals surface area (Å²) in [4.78, 5) is 35.3. The summed E-state index contributed by atoms with van der Waals surface area (Å²) < 4.78 is 10.2. The fourth-order valence-electron chi connectivity index (χ4n) is 1.93. The van der Waals surface area contributed by atoms with Gasteiger partial charge >= 0.3 is 12.1 Å². The van der Waals surface area contributed by atoms with E-state index in [1.54, 1.807) is 32.9 Å². The van der Waals surface area contributed by atoms with Crippen molar-refractivity contribution in [2.45, 2.75) is 59.2 Å². The second-order valence-corrected chi connectivity index (χ2v) is 7.02. The third-order valence-corrected chi connectivity index (χ3v) is 3.22. The fraction of sp³-hybridized carbons (Fsp3) is 0.526. The summed E-state index contributed by atoms with van der Waals surface area (Å²) in [6.07, 6.45) is -0.943. The number of esters is 1. The predicted molar refractivity (Wildman–Crippen MR) is 98.8 cm³/mol. The Balaban J connectivity index is 2.26. The second-order valence-electron chi connectivity index (χ2n) is 7.02. The molecule has 0 saturated heterocycles. The monoisotopic (exact) mass is 364 g/mol. The number of ether oxygens (including phenoxy) is 2. The van der Waals surface area contributed by atoms with Gasteiger partial charge in [-0.15, -0.1) is 0 Å². The van der Waals surface area contributed by atoms with E-state index in [1.807, 2.05) is 19.1 Å². The zero-order valence-corrected chi connectivity index (χ0v) is 16.0. The van der Waals surface area contributed by atoms with Gasteiger partial charge in [-0.05, 0) is 53.2 Å². The molecular weight excluding hydrogens is 336 g/mol. The Morgan fingerprint density at radius 3 is 2.31 bits per heavy atom. The van der Waals surface area contributed by atoms with E-state index in [4.69, 9.17) is 9.47 Å². The molecule has 0 spiro atoms. The first-order valence-electron chi connectivity index (χ1n) is 8.60. The van der Waals surface area contributed by atoms with Gasteiger partial charge in [0.05, 0.1) is 0 Å². The third kappa shape index (κ3) is 9.05. The van der Waals surface area contributed by atoms with Crippen molar-refractivity contribution in [1.29, 1.82) is 0 Å². The highest BCUT2D eigenvalue weighted by atomic mass is 16.6. The summed E-state index contributed by atoms with van der Waals surface area (Å²) in [6, 6.07) is 7.32. The number of carbonyl (C=O) groups is 3. The largest absolute Gasteiger partial charge is 0.453 e. The lowest BCUT2D eigenvalue weighted by Crippen LogP contribution is -2.33. The van der Waals surface area contributed by atoms with Crippen molar-refractivity contribution in [2.75, 3.05) is 11.9 Å². The molecule has 0 heterocycles. The van der Waals surface area contributed by atoms with E-state index < -0.39 is 29.7 Å². The maximum Gasteiger partial charge on any atom is 0.407 e. The predicted octanol–water partition coefficient (Wildman–Crippen LogP) is 3.17. The van der Waals surface area contributed by atoms with Gasteiger partial charge in [0.2, 0.25) is 0 Å². The molecule has 1 aromatic carbocycles. The van der Waals surface area contributed by atoms with Crippen molar-refractivity contribution >= 4 is 23.7 Å². The lowest BCUT2D eigenvalue weighted by Gasteiger charge is -2.19. The van der Waals surface area contributed by atoms with Crippen LogP contribution in [-0.4, -0.2) is 36.2 Å². The van der Waals surface area contributed by atoms with E-state index >= 15 is 0 Å². The van der Waals surface area contributed by atoms with Crippen molar-refractivity contribution in [1.82, 2.24) is 5.32 Å². The number of aryl methyl sites for hydroxylation is 1. The minimum absolute atomic E-state index is 0.0952. The average Bonchev–Trinajstić information content (AvgIpc) is 2.52. The fourth-order valence-corrected chi connectivity index (χ4v) is 1.93. The molecular formula is C19H28N2O5. The molecule has 0 fully saturated rings. The average molecular weight is 364 g/mol. The first-order valence-corrected chi connectivity index (χ1v) is 8.60. The molecule has 0 unspecified atom stereocenters. The van der Waals surface area contributed by atoms with Gasteiger partial charge in [0, 0.05) is 18.7 Å². The molecule has 1 atom stereocenters. The Morgan fingerprint density at radius 2 is 1.73 bits per heavy atom. The Labute approximate surface area is 154 Å². The van der Waals surface area contributed by atoms with E-state index in [-0.39, 0.29) is 13.0 Å². The van der Waals surface area contributed by atoms with Gasteiger partial charge < -0.3 is 20.1 Å². The zero-order chi connectivity index (χ0) is 19.7. The Kier molecular flexibility index (Phi) is 8.09. The quantitative estimate of drug-likeness (QED) is 0.572.